The van der Waals surface area contributed by atoms with Gasteiger partial charge < -0.3 is 15.0 Å². The lowest BCUT2D eigenvalue weighted by molar-refractivity contribution is 0.409. The second kappa shape index (κ2) is 5.48. The van der Waals surface area contributed by atoms with Gasteiger partial charge in [0.2, 0.25) is 0 Å². The summed E-state index contributed by atoms with van der Waals surface area (Å²) < 4.78 is 6.08. The Kier molecular flexibility index (Phi) is 3.89. The van der Waals surface area contributed by atoms with Crippen LogP contribution in [0.5, 0.6) is 5.75 Å². The first-order valence-corrected chi connectivity index (χ1v) is 8.27. The van der Waals surface area contributed by atoms with Crippen molar-refractivity contribution in [2.24, 2.45) is 0 Å². The molecule has 2 aliphatic rings. The van der Waals surface area contributed by atoms with Crippen LogP contribution in [-0.2, 0) is 0 Å². The van der Waals surface area contributed by atoms with Crippen molar-refractivity contribution in [2.75, 3.05) is 25.1 Å². The Labute approximate surface area is 128 Å². The molecule has 0 amide bonds. The molecule has 1 saturated carbocycles. The third-order valence-electron chi connectivity index (χ3n) is 4.10. The summed E-state index contributed by atoms with van der Waals surface area (Å²) in [6.07, 6.45) is 2.63. The molecule has 0 radical (unpaired) electrons. The first-order chi connectivity index (χ1) is 9.20. The molecule has 104 valence electrons. The fraction of sp³-hybridized carbons (Fsp3) is 0.600. The summed E-state index contributed by atoms with van der Waals surface area (Å²) in [6.45, 7) is 4.36. The summed E-state index contributed by atoms with van der Waals surface area (Å²) in [5.41, 5.74) is 2.67. The van der Waals surface area contributed by atoms with E-state index in [1.165, 1.54) is 24.1 Å². The number of halogens is 1. The molecule has 2 fully saturated rings. The minimum absolute atomic E-state index is 0.489. The van der Waals surface area contributed by atoms with Crippen molar-refractivity contribution in [3.05, 3.63) is 23.8 Å². The van der Waals surface area contributed by atoms with Gasteiger partial charge in [-0.3, -0.25) is 0 Å². The summed E-state index contributed by atoms with van der Waals surface area (Å²) in [5.74, 6) is 1.80. The highest BCUT2D eigenvalue weighted by Crippen LogP contribution is 2.45. The topological polar surface area (TPSA) is 24.5 Å². The van der Waals surface area contributed by atoms with Crippen LogP contribution in [0.4, 0.5) is 5.69 Å². The minimum Gasteiger partial charge on any atom is -0.496 e. The molecule has 1 heterocycles. The SMILES string of the molecule is COc1cc(N2CCNC(C)C2I)ccc1C1CC1. The molecular formula is C15H21IN2O. The average Bonchev–Trinajstić information content (AvgIpc) is 3.25. The van der Waals surface area contributed by atoms with Crippen LogP contribution in [0.25, 0.3) is 0 Å². The summed E-state index contributed by atoms with van der Waals surface area (Å²) in [7, 11) is 1.78. The zero-order valence-electron chi connectivity index (χ0n) is 11.5. The molecule has 1 saturated heterocycles. The van der Waals surface area contributed by atoms with E-state index < -0.39 is 0 Å². The molecule has 2 unspecified atom stereocenters. The van der Waals surface area contributed by atoms with Crippen molar-refractivity contribution in [1.82, 2.24) is 5.32 Å². The van der Waals surface area contributed by atoms with Crippen LogP contribution < -0.4 is 15.0 Å². The lowest BCUT2D eigenvalue weighted by atomic mass is 10.1. The Bertz CT molecular complexity index is 461. The standard InChI is InChI=1S/C15H21IN2O/c1-10-15(16)18(8-7-17-10)12-5-6-13(11-3-4-11)14(9-12)19-2/h5-6,9-11,15,17H,3-4,7-8H2,1-2H3. The van der Waals surface area contributed by atoms with Gasteiger partial charge in [0.15, 0.2) is 0 Å². The van der Waals surface area contributed by atoms with Crippen LogP contribution in [0.2, 0.25) is 0 Å². The van der Waals surface area contributed by atoms with Crippen molar-refractivity contribution in [3.8, 4) is 5.75 Å². The van der Waals surface area contributed by atoms with Crippen molar-refractivity contribution < 1.29 is 4.74 Å². The summed E-state index contributed by atoms with van der Waals surface area (Å²) >= 11 is 2.53. The maximum atomic E-state index is 5.60. The van der Waals surface area contributed by atoms with E-state index in [-0.39, 0.29) is 0 Å². The Morgan fingerprint density at radius 1 is 1.37 bits per heavy atom. The lowest BCUT2D eigenvalue weighted by Crippen LogP contribution is -2.54. The third kappa shape index (κ3) is 2.70. The Morgan fingerprint density at radius 2 is 2.16 bits per heavy atom. The van der Waals surface area contributed by atoms with Crippen molar-refractivity contribution in [2.45, 2.75) is 35.8 Å². The quantitative estimate of drug-likeness (QED) is 0.501. The van der Waals surface area contributed by atoms with Crippen LogP contribution in [0.3, 0.4) is 0 Å². The van der Waals surface area contributed by atoms with Crippen LogP contribution >= 0.6 is 22.6 Å². The van der Waals surface area contributed by atoms with Gasteiger partial charge in [-0.2, -0.15) is 0 Å². The van der Waals surface area contributed by atoms with Crippen molar-refractivity contribution in [1.29, 1.82) is 0 Å². The largest absolute Gasteiger partial charge is 0.496 e. The van der Waals surface area contributed by atoms with Crippen LogP contribution in [0, 0.1) is 0 Å². The van der Waals surface area contributed by atoms with Crippen molar-refractivity contribution in [3.63, 3.8) is 0 Å². The smallest absolute Gasteiger partial charge is 0.124 e. The number of anilines is 1. The molecule has 19 heavy (non-hydrogen) atoms. The Morgan fingerprint density at radius 3 is 2.84 bits per heavy atom. The van der Waals surface area contributed by atoms with Crippen LogP contribution in [0.15, 0.2) is 18.2 Å². The number of alkyl halides is 1. The summed E-state index contributed by atoms with van der Waals surface area (Å²) in [6, 6.07) is 7.27. The van der Waals surface area contributed by atoms with E-state index in [2.05, 4.69) is 57.9 Å². The van der Waals surface area contributed by atoms with E-state index in [9.17, 15) is 0 Å². The number of nitrogens with one attached hydrogen (secondary N) is 1. The lowest BCUT2D eigenvalue weighted by Gasteiger charge is -2.39. The molecule has 0 aromatic heterocycles. The first kappa shape index (κ1) is 13.5. The molecule has 0 spiro atoms. The highest BCUT2D eigenvalue weighted by atomic mass is 127. The van der Waals surface area contributed by atoms with Gasteiger partial charge in [-0.05, 0) is 37.3 Å². The molecule has 1 aliphatic carbocycles. The third-order valence-corrected chi connectivity index (χ3v) is 5.85. The molecule has 1 aliphatic heterocycles. The molecule has 1 aromatic carbocycles. The van der Waals surface area contributed by atoms with Gasteiger partial charge in [0, 0.05) is 30.9 Å². The first-order valence-electron chi connectivity index (χ1n) is 7.02. The van der Waals surface area contributed by atoms with Gasteiger partial charge in [-0.25, -0.2) is 0 Å². The average molecular weight is 372 g/mol. The van der Waals surface area contributed by atoms with Gasteiger partial charge in [-0.15, -0.1) is 0 Å². The highest BCUT2D eigenvalue weighted by molar-refractivity contribution is 14.1. The number of nitrogens with zero attached hydrogens (tertiary/aromatic N) is 1. The fourth-order valence-electron chi connectivity index (χ4n) is 2.78. The molecule has 3 rings (SSSR count). The molecule has 1 aromatic rings. The maximum absolute atomic E-state index is 5.60. The number of hydrogen-bond donors (Lipinski definition) is 1. The van der Waals surface area contributed by atoms with E-state index in [4.69, 9.17) is 4.74 Å². The van der Waals surface area contributed by atoms with E-state index in [1.54, 1.807) is 7.11 Å². The van der Waals surface area contributed by atoms with Gasteiger partial charge in [0.25, 0.3) is 0 Å². The van der Waals surface area contributed by atoms with Gasteiger partial charge in [-0.1, -0.05) is 28.7 Å². The molecule has 4 heteroatoms. The second-order valence-electron chi connectivity index (χ2n) is 5.51. The molecular weight excluding hydrogens is 351 g/mol. The zero-order valence-corrected chi connectivity index (χ0v) is 13.7. The second-order valence-corrected chi connectivity index (χ2v) is 6.79. The maximum Gasteiger partial charge on any atom is 0.124 e. The van der Waals surface area contributed by atoms with Crippen LogP contribution in [-0.4, -0.2) is 30.3 Å². The Balaban J connectivity index is 1.87. The Hall–Kier alpha value is -0.490. The number of benzene rings is 1. The highest BCUT2D eigenvalue weighted by Gasteiger charge is 2.29. The number of piperazine rings is 1. The van der Waals surface area contributed by atoms with Gasteiger partial charge >= 0.3 is 0 Å². The molecule has 3 nitrogen and oxygen atoms in total. The summed E-state index contributed by atoms with van der Waals surface area (Å²) in [4.78, 5) is 2.47. The van der Waals surface area contributed by atoms with E-state index in [1.807, 2.05) is 0 Å². The molecule has 2 atom stereocenters. The van der Waals surface area contributed by atoms with E-state index in [0.717, 1.165) is 24.8 Å². The van der Waals surface area contributed by atoms with E-state index in [0.29, 0.717) is 10.1 Å². The number of ether oxygens (including phenoxy) is 1. The zero-order chi connectivity index (χ0) is 13.4. The molecule has 1 N–H and O–H groups in total. The number of hydrogen-bond acceptors (Lipinski definition) is 3. The summed E-state index contributed by atoms with van der Waals surface area (Å²) in [5, 5.41) is 3.52. The number of rotatable bonds is 3. The minimum atomic E-state index is 0.489. The normalized spacial score (nSPS) is 27.4. The van der Waals surface area contributed by atoms with Gasteiger partial charge in [0.1, 0.15) is 5.75 Å². The van der Waals surface area contributed by atoms with Crippen molar-refractivity contribution >= 4 is 28.3 Å². The molecule has 0 bridgehead atoms. The predicted molar refractivity (Wildman–Crippen MR) is 87.6 cm³/mol. The van der Waals surface area contributed by atoms with Gasteiger partial charge in [0.05, 0.1) is 11.2 Å². The van der Waals surface area contributed by atoms with Crippen LogP contribution in [0.1, 0.15) is 31.2 Å². The number of methoxy groups -OCH3 is 1. The van der Waals surface area contributed by atoms with E-state index >= 15 is 0 Å². The fourth-order valence-corrected chi connectivity index (χ4v) is 3.64. The predicted octanol–water partition coefficient (Wildman–Crippen LogP) is 3.13. The monoisotopic (exact) mass is 372 g/mol.